The second-order valence-corrected chi connectivity index (χ2v) is 10.0. The van der Waals surface area contributed by atoms with E-state index in [0.717, 1.165) is 18.9 Å². The van der Waals surface area contributed by atoms with Crippen LogP contribution in [-0.4, -0.2) is 40.5 Å². The lowest BCUT2D eigenvalue weighted by molar-refractivity contribution is 0.0696. The Balaban J connectivity index is 1.91. The van der Waals surface area contributed by atoms with E-state index in [1.807, 2.05) is 4.57 Å². The van der Waals surface area contributed by atoms with E-state index in [0.29, 0.717) is 51.8 Å². The van der Waals surface area contributed by atoms with Crippen LogP contribution in [0.4, 0.5) is 13.6 Å². The average molecular weight is 535 g/mol. The molecule has 3 N–H and O–H groups in total. The number of hydrogen-bond acceptors (Lipinski definition) is 4. The van der Waals surface area contributed by atoms with Crippen molar-refractivity contribution >= 4 is 23.0 Å². The van der Waals surface area contributed by atoms with Gasteiger partial charge in [-0.1, -0.05) is 25.0 Å². The summed E-state index contributed by atoms with van der Waals surface area (Å²) in [7, 11) is 1.47. The molecule has 0 bridgehead atoms. The third-order valence-corrected chi connectivity index (χ3v) is 7.58. The van der Waals surface area contributed by atoms with Crippen LogP contribution in [0.1, 0.15) is 47.3 Å². The number of ether oxygens (including phenoxy) is 1. The lowest BCUT2D eigenvalue weighted by atomic mass is 9.79. The summed E-state index contributed by atoms with van der Waals surface area (Å²) in [5.74, 6) is -2.42. The minimum absolute atomic E-state index is 0.0205. The minimum Gasteiger partial charge on any atom is -0.507 e. The molecule has 4 aromatic rings. The lowest BCUT2D eigenvalue weighted by Crippen LogP contribution is -2.35. The fourth-order valence-corrected chi connectivity index (χ4v) is 5.74. The zero-order valence-electron chi connectivity index (χ0n) is 21.6. The Labute approximate surface area is 223 Å². The predicted octanol–water partition coefficient (Wildman–Crippen LogP) is 6.46. The van der Waals surface area contributed by atoms with Crippen LogP contribution >= 0.6 is 0 Å². The van der Waals surface area contributed by atoms with Crippen molar-refractivity contribution in [3.05, 3.63) is 83.1 Å². The lowest BCUT2D eigenvalue weighted by Gasteiger charge is -2.32. The van der Waals surface area contributed by atoms with Crippen molar-refractivity contribution in [3.8, 4) is 22.6 Å². The standard InChI is InChI=1S/C30H28F2N2O5/c1-17-13-21(9-10-22(17)32)34-23-14-20(31)15-24(35)26(23)25(18-5-7-19(8-6-18)28(36)37)27(34)30(11-3-4-12-30)16-39-29(38)33-2/h5-10,13-15,35H,3-4,11-12,16H2,1-2H3,(H,33,38)(H,36,37). The van der Waals surface area contributed by atoms with Crippen molar-refractivity contribution in [2.24, 2.45) is 0 Å². The molecule has 7 nitrogen and oxygen atoms in total. The van der Waals surface area contributed by atoms with Crippen molar-refractivity contribution < 1.29 is 33.3 Å². The van der Waals surface area contributed by atoms with E-state index in [9.17, 15) is 28.6 Å². The second kappa shape index (κ2) is 10.1. The fourth-order valence-electron chi connectivity index (χ4n) is 5.74. The summed E-state index contributed by atoms with van der Waals surface area (Å²) in [6, 6.07) is 13.2. The van der Waals surface area contributed by atoms with Crippen molar-refractivity contribution in [2.75, 3.05) is 13.7 Å². The Morgan fingerprint density at radius 1 is 1.05 bits per heavy atom. The van der Waals surface area contributed by atoms with E-state index in [2.05, 4.69) is 5.32 Å². The number of aryl methyl sites for hydroxylation is 1. The monoisotopic (exact) mass is 534 g/mol. The molecule has 1 aliphatic rings. The molecule has 3 aromatic carbocycles. The number of phenolic OH excluding ortho intramolecular Hbond substituents is 1. The van der Waals surface area contributed by atoms with Gasteiger partial charge in [0.25, 0.3) is 0 Å². The number of aromatic hydroxyl groups is 1. The Hall–Kier alpha value is -4.40. The molecule has 0 aliphatic heterocycles. The maximum Gasteiger partial charge on any atom is 0.406 e. The van der Waals surface area contributed by atoms with Gasteiger partial charge in [-0.05, 0) is 67.3 Å². The Bertz CT molecular complexity index is 1590. The van der Waals surface area contributed by atoms with Crippen LogP contribution in [0.25, 0.3) is 27.7 Å². The summed E-state index contributed by atoms with van der Waals surface area (Å²) in [6.07, 6.45) is 2.38. The molecular formula is C30H28F2N2O5. The van der Waals surface area contributed by atoms with E-state index in [4.69, 9.17) is 4.74 Å². The predicted molar refractivity (Wildman–Crippen MR) is 143 cm³/mol. The van der Waals surface area contributed by atoms with E-state index < -0.39 is 29.1 Å². The second-order valence-electron chi connectivity index (χ2n) is 10.0. The third kappa shape index (κ3) is 4.58. The molecule has 202 valence electrons. The van der Waals surface area contributed by atoms with Crippen LogP contribution in [0.5, 0.6) is 5.75 Å². The summed E-state index contributed by atoms with van der Waals surface area (Å²) < 4.78 is 36.6. The number of aromatic carboxylic acids is 1. The van der Waals surface area contributed by atoms with Gasteiger partial charge in [0, 0.05) is 35.5 Å². The van der Waals surface area contributed by atoms with Gasteiger partial charge >= 0.3 is 12.1 Å². The quantitative estimate of drug-likeness (QED) is 0.264. The molecule has 0 radical (unpaired) electrons. The number of carbonyl (C=O) groups excluding carboxylic acids is 1. The van der Waals surface area contributed by atoms with Gasteiger partial charge in [0.1, 0.15) is 24.0 Å². The van der Waals surface area contributed by atoms with Gasteiger partial charge < -0.3 is 24.8 Å². The maximum atomic E-state index is 14.8. The van der Waals surface area contributed by atoms with Crippen molar-refractivity contribution in [2.45, 2.75) is 38.0 Å². The van der Waals surface area contributed by atoms with Crippen LogP contribution in [0, 0.1) is 18.6 Å². The van der Waals surface area contributed by atoms with E-state index >= 15 is 0 Å². The van der Waals surface area contributed by atoms with Crippen molar-refractivity contribution in [1.82, 2.24) is 9.88 Å². The number of amides is 1. The molecule has 0 spiro atoms. The molecular weight excluding hydrogens is 506 g/mol. The van der Waals surface area contributed by atoms with E-state index in [-0.39, 0.29) is 17.9 Å². The molecule has 0 unspecified atom stereocenters. The van der Waals surface area contributed by atoms with Crippen LogP contribution in [0.2, 0.25) is 0 Å². The zero-order chi connectivity index (χ0) is 27.9. The first-order valence-electron chi connectivity index (χ1n) is 12.7. The van der Waals surface area contributed by atoms with Crippen LogP contribution < -0.4 is 5.32 Å². The van der Waals surface area contributed by atoms with Gasteiger partial charge in [0.15, 0.2) is 0 Å². The van der Waals surface area contributed by atoms with Gasteiger partial charge in [-0.15, -0.1) is 0 Å². The van der Waals surface area contributed by atoms with E-state index in [1.54, 1.807) is 31.2 Å². The summed E-state index contributed by atoms with van der Waals surface area (Å²) in [4.78, 5) is 23.7. The number of nitrogens with one attached hydrogen (secondary N) is 1. The van der Waals surface area contributed by atoms with Gasteiger partial charge in [-0.3, -0.25) is 0 Å². The first-order valence-corrected chi connectivity index (χ1v) is 12.7. The highest BCUT2D eigenvalue weighted by atomic mass is 19.1. The van der Waals surface area contributed by atoms with Crippen molar-refractivity contribution in [1.29, 1.82) is 0 Å². The number of halogens is 2. The Kier molecular flexibility index (Phi) is 6.76. The topological polar surface area (TPSA) is 101 Å². The van der Waals surface area contributed by atoms with Crippen molar-refractivity contribution in [3.63, 3.8) is 0 Å². The molecule has 0 saturated heterocycles. The molecule has 5 rings (SSSR count). The number of alkyl carbamates (subject to hydrolysis) is 1. The first kappa shape index (κ1) is 26.2. The third-order valence-electron chi connectivity index (χ3n) is 7.58. The van der Waals surface area contributed by atoms with Crippen LogP contribution in [0.3, 0.4) is 0 Å². The SMILES string of the molecule is CNC(=O)OCC1(c2c(-c3ccc(C(=O)O)cc3)c3c(O)cc(F)cc3n2-c2ccc(F)c(C)c2)CCCC1. The number of benzene rings is 3. The highest BCUT2D eigenvalue weighted by Gasteiger charge is 2.43. The number of hydrogen-bond donors (Lipinski definition) is 3. The molecule has 1 fully saturated rings. The molecule has 1 amide bonds. The largest absolute Gasteiger partial charge is 0.507 e. The molecule has 1 saturated carbocycles. The summed E-state index contributed by atoms with van der Waals surface area (Å²) >= 11 is 0. The molecule has 1 heterocycles. The number of nitrogens with zero attached hydrogens (tertiary/aromatic N) is 1. The van der Waals surface area contributed by atoms with E-state index in [1.165, 1.54) is 31.3 Å². The molecule has 39 heavy (non-hydrogen) atoms. The number of aromatic nitrogens is 1. The minimum atomic E-state index is -1.08. The fraction of sp³-hybridized carbons (Fsp3) is 0.267. The molecule has 9 heteroatoms. The van der Waals surface area contributed by atoms with Crippen LogP contribution in [0.15, 0.2) is 54.6 Å². The number of phenols is 1. The Morgan fingerprint density at radius 2 is 1.74 bits per heavy atom. The first-order chi connectivity index (χ1) is 18.6. The highest BCUT2D eigenvalue weighted by Crippen LogP contribution is 2.51. The van der Waals surface area contributed by atoms with Gasteiger partial charge in [0.05, 0.1) is 16.5 Å². The number of carboxylic acid groups (broad SMARTS) is 1. The van der Waals surface area contributed by atoms with Gasteiger partial charge in [-0.25, -0.2) is 18.4 Å². The average Bonchev–Trinajstić information content (AvgIpc) is 3.52. The highest BCUT2D eigenvalue weighted by molar-refractivity contribution is 6.04. The molecule has 0 atom stereocenters. The van der Waals surface area contributed by atoms with Gasteiger partial charge in [-0.2, -0.15) is 0 Å². The normalized spacial score (nSPS) is 14.5. The van der Waals surface area contributed by atoms with Gasteiger partial charge in [0.2, 0.25) is 0 Å². The zero-order valence-corrected chi connectivity index (χ0v) is 21.6. The molecule has 1 aromatic heterocycles. The summed E-state index contributed by atoms with van der Waals surface area (Å²) in [5.41, 5.74) is 2.51. The summed E-state index contributed by atoms with van der Waals surface area (Å²) in [6.45, 7) is 1.65. The number of fused-ring (bicyclic) bond motifs is 1. The van der Waals surface area contributed by atoms with Crippen LogP contribution in [-0.2, 0) is 10.2 Å². The Morgan fingerprint density at radius 3 is 2.36 bits per heavy atom. The number of carboxylic acids is 1. The maximum absolute atomic E-state index is 14.8. The molecule has 1 aliphatic carbocycles. The number of rotatable bonds is 6. The smallest absolute Gasteiger partial charge is 0.406 e. The number of carbonyl (C=O) groups is 2. The summed E-state index contributed by atoms with van der Waals surface area (Å²) in [5, 5.41) is 23.4.